The van der Waals surface area contributed by atoms with Crippen LogP contribution in [0.15, 0.2) is 12.1 Å². The maximum atomic E-state index is 12.3. The largest absolute Gasteiger partial charge is 0.493 e. The first-order chi connectivity index (χ1) is 12.6. The summed E-state index contributed by atoms with van der Waals surface area (Å²) in [5, 5.41) is 3.06. The van der Waals surface area contributed by atoms with E-state index in [0.717, 1.165) is 0 Å². The van der Waals surface area contributed by atoms with Crippen molar-refractivity contribution in [3.63, 3.8) is 0 Å². The number of halogens is 1. The molecule has 0 aliphatic carbocycles. The Morgan fingerprint density at radius 1 is 1.33 bits per heavy atom. The van der Waals surface area contributed by atoms with E-state index in [0.29, 0.717) is 54.1 Å². The van der Waals surface area contributed by atoms with Crippen LogP contribution in [0.25, 0.3) is 0 Å². The van der Waals surface area contributed by atoms with E-state index >= 15 is 0 Å². The molecule has 0 saturated heterocycles. The minimum Gasteiger partial charge on any atom is -0.493 e. The van der Waals surface area contributed by atoms with Gasteiger partial charge in [-0.05, 0) is 31.4 Å². The second-order valence-electron chi connectivity index (χ2n) is 6.53. The first-order valence-electron chi connectivity index (χ1n) is 8.84. The maximum absolute atomic E-state index is 12.3. The van der Waals surface area contributed by atoms with Gasteiger partial charge in [-0.15, -0.1) is 0 Å². The molecule has 1 rings (SSSR count). The molecule has 0 aliphatic heterocycles. The Hall–Kier alpha value is -1.51. The number of carbonyl (C=O) groups excluding carboxylic acids is 1. The molecular weight excluding hydrogens is 392 g/mol. The molecule has 0 unspecified atom stereocenters. The Balaban J connectivity index is 2.69. The highest BCUT2D eigenvalue weighted by atomic mass is 35.5. The molecule has 0 fully saturated rings. The smallest absolute Gasteiger partial charge is 0.251 e. The summed E-state index contributed by atoms with van der Waals surface area (Å²) in [4.78, 5) is 12.3. The van der Waals surface area contributed by atoms with Gasteiger partial charge in [0.1, 0.15) is 0 Å². The molecular formula is C18H29ClN2O5S. The average molecular weight is 421 g/mol. The molecule has 1 aromatic carbocycles. The lowest BCUT2D eigenvalue weighted by Crippen LogP contribution is -2.32. The van der Waals surface area contributed by atoms with Gasteiger partial charge in [0.25, 0.3) is 5.91 Å². The molecule has 0 spiro atoms. The van der Waals surface area contributed by atoms with Crippen LogP contribution in [0, 0.1) is 5.92 Å². The van der Waals surface area contributed by atoms with Crippen LogP contribution in [0.4, 0.5) is 0 Å². The van der Waals surface area contributed by atoms with Gasteiger partial charge in [0.05, 0.1) is 24.5 Å². The molecule has 9 heteroatoms. The van der Waals surface area contributed by atoms with E-state index in [9.17, 15) is 13.2 Å². The molecule has 0 atom stereocenters. The van der Waals surface area contributed by atoms with Gasteiger partial charge in [0.2, 0.25) is 10.0 Å². The van der Waals surface area contributed by atoms with Crippen molar-refractivity contribution < 1.29 is 22.7 Å². The van der Waals surface area contributed by atoms with Crippen LogP contribution in [-0.4, -0.2) is 58.2 Å². The fourth-order valence-corrected chi connectivity index (χ4v) is 3.32. The number of hydrogen-bond acceptors (Lipinski definition) is 5. The molecule has 0 radical (unpaired) electrons. The van der Waals surface area contributed by atoms with Crippen molar-refractivity contribution in [1.29, 1.82) is 0 Å². The topological polar surface area (TPSA) is 84.9 Å². The third-order valence-electron chi connectivity index (χ3n) is 3.83. The zero-order chi connectivity index (χ0) is 20.6. The highest BCUT2D eigenvalue weighted by Gasteiger charge is 2.17. The van der Waals surface area contributed by atoms with E-state index in [1.165, 1.54) is 24.5 Å². The third kappa shape index (κ3) is 7.20. The van der Waals surface area contributed by atoms with Gasteiger partial charge in [-0.25, -0.2) is 12.7 Å². The number of sulfonamides is 1. The van der Waals surface area contributed by atoms with Crippen molar-refractivity contribution in [3.8, 4) is 11.5 Å². The molecule has 1 N–H and O–H groups in total. The monoisotopic (exact) mass is 420 g/mol. The van der Waals surface area contributed by atoms with Gasteiger partial charge >= 0.3 is 0 Å². The minimum atomic E-state index is -3.21. The summed E-state index contributed by atoms with van der Waals surface area (Å²) in [5.74, 6) is 0.868. The van der Waals surface area contributed by atoms with E-state index < -0.39 is 10.0 Å². The third-order valence-corrected chi connectivity index (χ3v) is 5.97. The van der Waals surface area contributed by atoms with Crippen LogP contribution in [0.5, 0.6) is 11.5 Å². The first-order valence-corrected chi connectivity index (χ1v) is 10.8. The molecule has 27 heavy (non-hydrogen) atoms. The standard InChI is InChI=1S/C18H29ClN2O5S/c1-6-27(23,24)21(4)9-7-8-20-18(22)14-10-15(19)17(16(11-14)25-5)26-12-13(2)3/h10-11,13H,6-9,12H2,1-5H3,(H,20,22). The number of hydrogen-bond donors (Lipinski definition) is 1. The van der Waals surface area contributed by atoms with E-state index in [1.807, 2.05) is 13.8 Å². The second-order valence-corrected chi connectivity index (χ2v) is 9.30. The van der Waals surface area contributed by atoms with Crippen molar-refractivity contribution in [1.82, 2.24) is 9.62 Å². The lowest BCUT2D eigenvalue weighted by Gasteiger charge is -2.16. The van der Waals surface area contributed by atoms with Crippen molar-refractivity contribution in [2.75, 3.05) is 39.6 Å². The van der Waals surface area contributed by atoms with Crippen LogP contribution in [0.3, 0.4) is 0 Å². The fourth-order valence-electron chi connectivity index (χ4n) is 2.21. The van der Waals surface area contributed by atoms with E-state index in [4.69, 9.17) is 21.1 Å². The Morgan fingerprint density at radius 2 is 2.00 bits per heavy atom. The van der Waals surface area contributed by atoms with Crippen molar-refractivity contribution in [3.05, 3.63) is 22.7 Å². The SMILES string of the molecule is CCS(=O)(=O)N(C)CCCNC(=O)c1cc(Cl)c(OCC(C)C)c(OC)c1. The highest BCUT2D eigenvalue weighted by molar-refractivity contribution is 7.89. The molecule has 7 nitrogen and oxygen atoms in total. The number of rotatable bonds is 11. The van der Waals surface area contributed by atoms with Gasteiger partial charge in [-0.2, -0.15) is 0 Å². The summed E-state index contributed by atoms with van der Waals surface area (Å²) >= 11 is 6.25. The lowest BCUT2D eigenvalue weighted by atomic mass is 10.1. The van der Waals surface area contributed by atoms with Gasteiger partial charge in [0.15, 0.2) is 11.5 Å². The summed E-state index contributed by atoms with van der Waals surface area (Å²) in [6.07, 6.45) is 0.502. The number of amides is 1. The minimum absolute atomic E-state index is 0.0549. The van der Waals surface area contributed by atoms with E-state index in [1.54, 1.807) is 13.0 Å². The molecule has 154 valence electrons. The Morgan fingerprint density at radius 3 is 2.56 bits per heavy atom. The molecule has 0 aromatic heterocycles. The van der Waals surface area contributed by atoms with Crippen molar-refractivity contribution >= 4 is 27.5 Å². The quantitative estimate of drug-likeness (QED) is 0.556. The van der Waals surface area contributed by atoms with Crippen LogP contribution in [0.1, 0.15) is 37.6 Å². The summed E-state index contributed by atoms with van der Waals surface area (Å²) in [6, 6.07) is 3.10. The number of carbonyl (C=O) groups is 1. The molecule has 1 aromatic rings. The highest BCUT2D eigenvalue weighted by Crippen LogP contribution is 2.36. The summed E-state index contributed by atoms with van der Waals surface area (Å²) in [5.41, 5.74) is 0.350. The van der Waals surface area contributed by atoms with Crippen LogP contribution in [0.2, 0.25) is 5.02 Å². The Kier molecular flexibility index (Phi) is 9.35. The van der Waals surface area contributed by atoms with Gasteiger partial charge in [0, 0.05) is 25.7 Å². The second kappa shape index (κ2) is 10.7. The Bertz CT molecular complexity index is 738. The van der Waals surface area contributed by atoms with Crippen LogP contribution in [-0.2, 0) is 10.0 Å². The van der Waals surface area contributed by atoms with Crippen LogP contribution >= 0.6 is 11.6 Å². The Labute approximate surface area is 167 Å². The normalized spacial score (nSPS) is 11.7. The van der Waals surface area contributed by atoms with Gasteiger partial charge in [-0.3, -0.25) is 4.79 Å². The predicted molar refractivity (Wildman–Crippen MR) is 107 cm³/mol. The number of ether oxygens (including phenoxy) is 2. The summed E-state index contributed by atoms with van der Waals surface area (Å²) in [7, 11) is -0.195. The number of methoxy groups -OCH3 is 1. The van der Waals surface area contributed by atoms with Crippen molar-refractivity contribution in [2.24, 2.45) is 5.92 Å². The maximum Gasteiger partial charge on any atom is 0.251 e. The molecule has 0 bridgehead atoms. The molecule has 0 aliphatic rings. The van der Waals surface area contributed by atoms with Gasteiger partial charge < -0.3 is 14.8 Å². The molecule has 0 saturated carbocycles. The van der Waals surface area contributed by atoms with Crippen LogP contribution < -0.4 is 14.8 Å². The number of benzene rings is 1. The number of nitrogens with one attached hydrogen (secondary N) is 1. The van der Waals surface area contributed by atoms with Gasteiger partial charge in [-0.1, -0.05) is 25.4 Å². The van der Waals surface area contributed by atoms with Crippen molar-refractivity contribution in [2.45, 2.75) is 27.2 Å². The zero-order valence-corrected chi connectivity index (χ0v) is 18.1. The number of nitrogens with zero attached hydrogens (tertiary/aromatic N) is 1. The lowest BCUT2D eigenvalue weighted by molar-refractivity contribution is 0.0952. The molecule has 0 heterocycles. The van der Waals surface area contributed by atoms with E-state index in [2.05, 4.69) is 5.32 Å². The fraction of sp³-hybridized carbons (Fsp3) is 0.611. The van der Waals surface area contributed by atoms with E-state index in [-0.39, 0.29) is 11.7 Å². The average Bonchev–Trinajstić information content (AvgIpc) is 2.62. The first kappa shape index (κ1) is 23.5. The predicted octanol–water partition coefficient (Wildman–Crippen LogP) is 2.78. The summed E-state index contributed by atoms with van der Waals surface area (Å²) in [6.45, 7) is 6.79. The summed E-state index contributed by atoms with van der Waals surface area (Å²) < 4.78 is 35.6. The molecule has 1 amide bonds. The zero-order valence-electron chi connectivity index (χ0n) is 16.5.